The molecule has 0 fully saturated rings. The Labute approximate surface area is 223 Å². The molecular formula is C31H30N6O. The Kier molecular flexibility index (Phi) is 6.63. The van der Waals surface area contributed by atoms with Crippen molar-refractivity contribution in [1.82, 2.24) is 19.9 Å². The number of aromatic nitrogens is 4. The summed E-state index contributed by atoms with van der Waals surface area (Å²) in [6.07, 6.45) is 1.66. The molecule has 0 unspecified atom stereocenters. The lowest BCUT2D eigenvalue weighted by molar-refractivity contribution is 0.483. The summed E-state index contributed by atoms with van der Waals surface area (Å²) in [5.41, 5.74) is 4.64. The first-order chi connectivity index (χ1) is 18.8. The lowest BCUT2D eigenvalue weighted by Gasteiger charge is -2.25. The third kappa shape index (κ3) is 5.47. The molecule has 0 bridgehead atoms. The van der Waals surface area contributed by atoms with E-state index in [9.17, 15) is 0 Å². The first-order valence-corrected chi connectivity index (χ1v) is 12.4. The van der Waals surface area contributed by atoms with Crippen LogP contribution >= 0.6 is 0 Å². The first-order valence-electron chi connectivity index (χ1n) is 12.4. The van der Waals surface area contributed by atoms with Crippen molar-refractivity contribution in [2.45, 2.75) is 13.1 Å². The van der Waals surface area contributed by atoms with E-state index in [0.717, 1.165) is 28.5 Å². The van der Waals surface area contributed by atoms with E-state index in [1.807, 2.05) is 66.7 Å². The van der Waals surface area contributed by atoms with E-state index in [2.05, 4.69) is 73.7 Å². The molecule has 0 atom stereocenters. The van der Waals surface area contributed by atoms with Crippen LogP contribution in [0, 0.1) is 0 Å². The highest BCUT2D eigenvalue weighted by Gasteiger charge is 2.18. The number of imidazole rings is 1. The Morgan fingerprint density at radius 1 is 0.684 bits per heavy atom. The summed E-state index contributed by atoms with van der Waals surface area (Å²) in [7, 11) is 0. The summed E-state index contributed by atoms with van der Waals surface area (Å²) in [6, 6.07) is 38.2. The highest BCUT2D eigenvalue weighted by atomic mass is 16.5. The average molecular weight is 503 g/mol. The van der Waals surface area contributed by atoms with Crippen molar-refractivity contribution in [1.29, 1.82) is 0 Å². The minimum absolute atomic E-state index is 0. The standard InChI is InChI=1S/C31H26N6O.2H2/c1-4-10-23(11-5-1)20-37(21-24-12-6-2-7-13-24)30-28-29(33-22-32-28)35-31(36-30)34-25-16-18-27(19-17-25)38-26-14-8-3-9-15-26;;/h1-19,22H,20-21H2,(H2,32,33,34,35,36);2*1H. The van der Waals surface area contributed by atoms with Gasteiger partial charge in [0.25, 0.3) is 0 Å². The molecule has 6 rings (SSSR count). The Morgan fingerprint density at radius 2 is 1.26 bits per heavy atom. The summed E-state index contributed by atoms with van der Waals surface area (Å²) >= 11 is 0. The molecule has 7 nitrogen and oxygen atoms in total. The van der Waals surface area contributed by atoms with E-state index in [1.165, 1.54) is 11.1 Å². The summed E-state index contributed by atoms with van der Waals surface area (Å²) in [6.45, 7) is 1.37. The van der Waals surface area contributed by atoms with Gasteiger partial charge < -0.3 is 19.9 Å². The van der Waals surface area contributed by atoms with Gasteiger partial charge in [0, 0.05) is 21.6 Å². The number of anilines is 3. The van der Waals surface area contributed by atoms with E-state index in [0.29, 0.717) is 24.7 Å². The molecule has 0 radical (unpaired) electrons. The van der Waals surface area contributed by atoms with Crippen LogP contribution in [0.25, 0.3) is 11.2 Å². The van der Waals surface area contributed by atoms with Crippen molar-refractivity contribution in [3.05, 3.63) is 133 Å². The summed E-state index contributed by atoms with van der Waals surface area (Å²) in [5, 5.41) is 3.34. The Morgan fingerprint density at radius 3 is 1.89 bits per heavy atom. The van der Waals surface area contributed by atoms with Crippen LogP contribution in [0.1, 0.15) is 14.0 Å². The third-order valence-electron chi connectivity index (χ3n) is 6.09. The predicted octanol–water partition coefficient (Wildman–Crippen LogP) is 7.59. The molecule has 4 aromatic carbocycles. The molecule has 2 heterocycles. The number of aromatic amines is 1. The number of hydrogen-bond acceptors (Lipinski definition) is 6. The van der Waals surface area contributed by atoms with Crippen molar-refractivity contribution in [3.63, 3.8) is 0 Å². The second kappa shape index (κ2) is 10.8. The topological polar surface area (TPSA) is 79.0 Å². The van der Waals surface area contributed by atoms with Crippen molar-refractivity contribution in [2.24, 2.45) is 0 Å². The number of ether oxygens (including phenoxy) is 1. The van der Waals surface area contributed by atoms with Gasteiger partial charge in [-0.25, -0.2) is 4.98 Å². The molecule has 0 aliphatic rings. The van der Waals surface area contributed by atoms with E-state index < -0.39 is 0 Å². The monoisotopic (exact) mass is 502 g/mol. The summed E-state index contributed by atoms with van der Waals surface area (Å²) in [4.78, 5) is 19.5. The van der Waals surface area contributed by atoms with Gasteiger partial charge in [0.05, 0.1) is 6.33 Å². The molecule has 0 saturated heterocycles. The van der Waals surface area contributed by atoms with Crippen LogP contribution in [0.4, 0.5) is 17.5 Å². The van der Waals surface area contributed by atoms with Gasteiger partial charge in [-0.3, -0.25) is 0 Å². The number of fused-ring (bicyclic) bond motifs is 1. The molecule has 0 saturated carbocycles. The van der Waals surface area contributed by atoms with Crippen LogP contribution in [0.2, 0.25) is 0 Å². The third-order valence-corrected chi connectivity index (χ3v) is 6.09. The zero-order chi connectivity index (χ0) is 25.6. The normalized spacial score (nSPS) is 10.8. The first kappa shape index (κ1) is 23.2. The van der Waals surface area contributed by atoms with Crippen LogP contribution in [-0.2, 0) is 13.1 Å². The second-order valence-corrected chi connectivity index (χ2v) is 8.86. The van der Waals surface area contributed by atoms with Gasteiger partial charge in [-0.15, -0.1) is 0 Å². The zero-order valence-electron chi connectivity index (χ0n) is 20.7. The predicted molar refractivity (Wildman–Crippen MR) is 155 cm³/mol. The summed E-state index contributed by atoms with van der Waals surface area (Å²) in [5.74, 6) is 2.80. The van der Waals surface area contributed by atoms with Crippen molar-refractivity contribution in [3.8, 4) is 11.5 Å². The van der Waals surface area contributed by atoms with Crippen molar-refractivity contribution >= 4 is 28.6 Å². The number of rotatable bonds is 9. The van der Waals surface area contributed by atoms with Crippen molar-refractivity contribution in [2.75, 3.05) is 10.2 Å². The number of H-pyrrole nitrogens is 1. The van der Waals surface area contributed by atoms with Gasteiger partial charge in [0.2, 0.25) is 5.95 Å². The van der Waals surface area contributed by atoms with Crippen LogP contribution in [-0.4, -0.2) is 19.9 Å². The molecule has 0 aliphatic heterocycles. The van der Waals surface area contributed by atoms with Gasteiger partial charge in [-0.1, -0.05) is 78.9 Å². The van der Waals surface area contributed by atoms with E-state index in [1.54, 1.807) is 6.33 Å². The molecule has 0 spiro atoms. The van der Waals surface area contributed by atoms with Crippen LogP contribution in [0.5, 0.6) is 11.5 Å². The maximum atomic E-state index is 5.91. The maximum absolute atomic E-state index is 5.91. The fourth-order valence-corrected chi connectivity index (χ4v) is 4.28. The number of hydrogen-bond donors (Lipinski definition) is 2. The minimum Gasteiger partial charge on any atom is -0.457 e. The van der Waals surface area contributed by atoms with Gasteiger partial charge in [0.1, 0.15) is 17.0 Å². The van der Waals surface area contributed by atoms with Gasteiger partial charge in [0.15, 0.2) is 11.5 Å². The number of para-hydroxylation sites is 1. The Hall–Kier alpha value is -5.17. The summed E-state index contributed by atoms with van der Waals surface area (Å²) < 4.78 is 5.91. The molecular weight excluding hydrogens is 472 g/mol. The maximum Gasteiger partial charge on any atom is 0.231 e. The Bertz CT molecular complexity index is 1570. The highest BCUT2D eigenvalue weighted by molar-refractivity contribution is 5.84. The Balaban J connectivity index is 0.00000185. The van der Waals surface area contributed by atoms with E-state index >= 15 is 0 Å². The fourth-order valence-electron chi connectivity index (χ4n) is 4.28. The van der Waals surface area contributed by atoms with Crippen LogP contribution < -0.4 is 15.0 Å². The highest BCUT2D eigenvalue weighted by Crippen LogP contribution is 2.28. The van der Waals surface area contributed by atoms with Crippen LogP contribution in [0.15, 0.2) is 122 Å². The van der Waals surface area contributed by atoms with E-state index in [4.69, 9.17) is 9.72 Å². The largest absolute Gasteiger partial charge is 0.457 e. The average Bonchev–Trinajstić information content (AvgIpc) is 3.44. The lowest BCUT2D eigenvalue weighted by Crippen LogP contribution is -2.24. The fraction of sp³-hybridized carbons (Fsp3) is 0.0645. The molecule has 0 aliphatic carbocycles. The zero-order valence-corrected chi connectivity index (χ0v) is 20.7. The van der Waals surface area contributed by atoms with Gasteiger partial charge in [-0.2, -0.15) is 9.97 Å². The van der Waals surface area contributed by atoms with E-state index in [-0.39, 0.29) is 2.85 Å². The number of nitrogens with one attached hydrogen (secondary N) is 2. The second-order valence-electron chi connectivity index (χ2n) is 8.86. The SMILES string of the molecule is [HH].[HH].c1ccc(CN(Cc2ccccc2)c2nc(Nc3ccc(Oc4ccccc4)cc3)nc3nc[nH]c23)cc1. The molecule has 2 aromatic heterocycles. The number of benzene rings is 4. The molecule has 2 N–H and O–H groups in total. The van der Waals surface area contributed by atoms with Gasteiger partial charge >= 0.3 is 0 Å². The van der Waals surface area contributed by atoms with Gasteiger partial charge in [-0.05, 0) is 47.5 Å². The van der Waals surface area contributed by atoms with Crippen molar-refractivity contribution < 1.29 is 7.59 Å². The molecule has 0 amide bonds. The lowest BCUT2D eigenvalue weighted by atomic mass is 10.1. The quantitative estimate of drug-likeness (QED) is 0.212. The minimum atomic E-state index is 0. The molecule has 38 heavy (non-hydrogen) atoms. The molecule has 7 heteroatoms. The number of nitrogens with zero attached hydrogens (tertiary/aromatic N) is 4. The molecule has 190 valence electrons. The smallest absolute Gasteiger partial charge is 0.231 e. The molecule has 6 aromatic rings. The van der Waals surface area contributed by atoms with Crippen LogP contribution in [0.3, 0.4) is 0 Å².